The van der Waals surface area contributed by atoms with Gasteiger partial charge in [0.05, 0.1) is 12.7 Å². The van der Waals surface area contributed by atoms with Crippen LogP contribution in [0.15, 0.2) is 53.1 Å². The maximum atomic E-state index is 12.5. The van der Waals surface area contributed by atoms with Crippen LogP contribution in [0.25, 0.3) is 0 Å². The molecule has 0 aliphatic heterocycles. The molecule has 0 fully saturated rings. The van der Waals surface area contributed by atoms with Gasteiger partial charge in [-0.05, 0) is 36.8 Å². The summed E-state index contributed by atoms with van der Waals surface area (Å²) in [7, 11) is 0. The largest absolute Gasteiger partial charge is 0.467 e. The van der Waals surface area contributed by atoms with Crippen molar-refractivity contribution < 1.29 is 9.21 Å². The number of aromatic amines is 1. The third-order valence-electron chi connectivity index (χ3n) is 3.51. The fourth-order valence-corrected chi connectivity index (χ4v) is 3.67. The van der Waals surface area contributed by atoms with Crippen LogP contribution in [-0.4, -0.2) is 10.9 Å². The fraction of sp³-hybridized carbons (Fsp3) is 0.176. The van der Waals surface area contributed by atoms with Gasteiger partial charge in [0, 0.05) is 10.6 Å². The number of aryl methyl sites for hydroxylation is 1. The van der Waals surface area contributed by atoms with Gasteiger partial charge in [-0.25, -0.2) is 0 Å². The van der Waals surface area contributed by atoms with Crippen molar-refractivity contribution in [3.8, 4) is 0 Å². The Morgan fingerprint density at radius 3 is 2.70 bits per heavy atom. The highest BCUT2D eigenvalue weighted by atomic mass is 32.1. The van der Waals surface area contributed by atoms with Crippen LogP contribution in [0.5, 0.6) is 0 Å². The first-order valence-electron chi connectivity index (χ1n) is 7.20. The molecule has 2 N–H and O–H groups in total. The summed E-state index contributed by atoms with van der Waals surface area (Å²) in [5, 5.41) is 3.05. The second-order valence-corrected chi connectivity index (χ2v) is 6.94. The average molecular weight is 344 g/mol. The number of rotatable bonds is 5. The number of hydrogen-bond acceptors (Lipinski definition) is 4. The van der Waals surface area contributed by atoms with E-state index in [-0.39, 0.29) is 11.9 Å². The summed E-state index contributed by atoms with van der Waals surface area (Å²) in [6.07, 6.45) is 1.91. The van der Waals surface area contributed by atoms with Gasteiger partial charge in [-0.2, -0.15) is 0 Å². The second-order valence-electron chi connectivity index (χ2n) is 5.17. The zero-order chi connectivity index (χ0) is 16.2. The number of benzene rings is 1. The van der Waals surface area contributed by atoms with E-state index in [9.17, 15) is 4.79 Å². The minimum absolute atomic E-state index is 0.0661. The molecule has 0 aliphatic rings. The van der Waals surface area contributed by atoms with Gasteiger partial charge in [0.2, 0.25) is 5.91 Å². The number of carbonyl (C=O) groups is 1. The van der Waals surface area contributed by atoms with Gasteiger partial charge in [0.15, 0.2) is 3.95 Å². The van der Waals surface area contributed by atoms with Crippen molar-refractivity contribution in [3.05, 3.63) is 74.6 Å². The Bertz CT molecular complexity index is 835. The van der Waals surface area contributed by atoms with Gasteiger partial charge < -0.3 is 14.7 Å². The standard InChI is InChI=1S/C17H16N2O2S2/c1-11-14(23-17(22)18-11)10-15(20)19-16(13-8-5-9-21-13)12-6-3-2-4-7-12/h2-9,16H,10H2,1H3,(H,18,22)(H,19,20). The fourth-order valence-electron chi connectivity index (χ4n) is 2.38. The molecule has 0 saturated carbocycles. The van der Waals surface area contributed by atoms with Crippen LogP contribution in [0.3, 0.4) is 0 Å². The van der Waals surface area contributed by atoms with Crippen LogP contribution in [0.1, 0.15) is 27.9 Å². The molecule has 3 aromatic rings. The SMILES string of the molecule is Cc1[nH]c(=S)sc1CC(=O)NC(c1ccccc1)c1ccco1. The molecule has 0 spiro atoms. The highest BCUT2D eigenvalue weighted by Gasteiger charge is 2.20. The van der Waals surface area contributed by atoms with Gasteiger partial charge in [-0.3, -0.25) is 4.79 Å². The van der Waals surface area contributed by atoms with Crippen LogP contribution in [0.4, 0.5) is 0 Å². The van der Waals surface area contributed by atoms with E-state index in [0.29, 0.717) is 16.1 Å². The van der Waals surface area contributed by atoms with E-state index in [4.69, 9.17) is 16.6 Å². The van der Waals surface area contributed by atoms with Crippen LogP contribution < -0.4 is 5.32 Å². The Morgan fingerprint density at radius 2 is 2.09 bits per heavy atom. The zero-order valence-electron chi connectivity index (χ0n) is 12.5. The molecule has 23 heavy (non-hydrogen) atoms. The molecule has 4 nitrogen and oxygen atoms in total. The number of thiazole rings is 1. The van der Waals surface area contributed by atoms with Crippen LogP contribution >= 0.6 is 23.6 Å². The number of hydrogen-bond donors (Lipinski definition) is 2. The van der Waals surface area contributed by atoms with Crippen molar-refractivity contribution in [2.75, 3.05) is 0 Å². The Morgan fingerprint density at radius 1 is 1.30 bits per heavy atom. The highest BCUT2D eigenvalue weighted by molar-refractivity contribution is 7.73. The highest BCUT2D eigenvalue weighted by Crippen LogP contribution is 2.23. The Hall–Kier alpha value is -2.18. The second kappa shape index (κ2) is 6.93. The van der Waals surface area contributed by atoms with Crippen LogP contribution in [0, 0.1) is 10.9 Å². The van der Waals surface area contributed by atoms with Gasteiger partial charge in [-0.15, -0.1) is 11.3 Å². The van der Waals surface area contributed by atoms with Crippen LogP contribution in [-0.2, 0) is 11.2 Å². The maximum Gasteiger partial charge on any atom is 0.226 e. The first-order valence-corrected chi connectivity index (χ1v) is 8.42. The Balaban J connectivity index is 1.80. The summed E-state index contributed by atoms with van der Waals surface area (Å²) in [5.74, 6) is 0.645. The third kappa shape index (κ3) is 3.78. The number of H-pyrrole nitrogens is 1. The molecule has 0 saturated heterocycles. The monoisotopic (exact) mass is 344 g/mol. The van der Waals surface area contributed by atoms with E-state index in [2.05, 4.69) is 10.3 Å². The van der Waals surface area contributed by atoms with Crippen molar-refractivity contribution in [2.45, 2.75) is 19.4 Å². The number of amides is 1. The smallest absolute Gasteiger partial charge is 0.226 e. The number of furan rings is 1. The minimum Gasteiger partial charge on any atom is -0.467 e. The summed E-state index contributed by atoms with van der Waals surface area (Å²) in [4.78, 5) is 16.5. The molecule has 1 unspecified atom stereocenters. The van der Waals surface area contributed by atoms with Crippen molar-refractivity contribution >= 4 is 29.5 Å². The molecule has 1 amide bonds. The number of carbonyl (C=O) groups excluding carboxylic acids is 1. The number of nitrogens with one attached hydrogen (secondary N) is 2. The van der Waals surface area contributed by atoms with Gasteiger partial charge >= 0.3 is 0 Å². The van der Waals surface area contributed by atoms with Crippen molar-refractivity contribution in [1.29, 1.82) is 0 Å². The number of aromatic nitrogens is 1. The molecule has 1 aromatic carbocycles. The lowest BCUT2D eigenvalue weighted by Gasteiger charge is -2.17. The summed E-state index contributed by atoms with van der Waals surface area (Å²) in [6, 6.07) is 13.2. The minimum atomic E-state index is -0.300. The molecule has 2 heterocycles. The van der Waals surface area contributed by atoms with E-state index >= 15 is 0 Å². The van der Waals surface area contributed by atoms with Crippen molar-refractivity contribution in [3.63, 3.8) is 0 Å². The molecule has 0 radical (unpaired) electrons. The predicted octanol–water partition coefficient (Wildman–Crippen LogP) is 4.16. The first kappa shape index (κ1) is 15.7. The molecule has 2 aromatic heterocycles. The van der Waals surface area contributed by atoms with E-state index in [1.54, 1.807) is 6.26 Å². The molecule has 1 atom stereocenters. The predicted molar refractivity (Wildman–Crippen MR) is 93.1 cm³/mol. The van der Waals surface area contributed by atoms with Gasteiger partial charge in [-0.1, -0.05) is 30.3 Å². The van der Waals surface area contributed by atoms with E-state index in [1.165, 1.54) is 11.3 Å². The topological polar surface area (TPSA) is 58.0 Å². The lowest BCUT2D eigenvalue weighted by molar-refractivity contribution is -0.121. The summed E-state index contributed by atoms with van der Waals surface area (Å²) in [6.45, 7) is 1.93. The first-order chi connectivity index (χ1) is 11.1. The summed E-state index contributed by atoms with van der Waals surface area (Å²) >= 11 is 6.56. The molecular weight excluding hydrogens is 328 g/mol. The quantitative estimate of drug-likeness (QED) is 0.684. The van der Waals surface area contributed by atoms with Crippen LogP contribution in [0.2, 0.25) is 0 Å². The zero-order valence-corrected chi connectivity index (χ0v) is 14.2. The lowest BCUT2D eigenvalue weighted by Crippen LogP contribution is -2.30. The molecule has 3 rings (SSSR count). The molecule has 0 aliphatic carbocycles. The summed E-state index contributed by atoms with van der Waals surface area (Å²) < 4.78 is 6.18. The Labute approximate surface area is 143 Å². The lowest BCUT2D eigenvalue weighted by atomic mass is 10.0. The average Bonchev–Trinajstić information content (AvgIpc) is 3.16. The molecule has 118 valence electrons. The normalized spacial score (nSPS) is 12.0. The van der Waals surface area contributed by atoms with Crippen molar-refractivity contribution in [1.82, 2.24) is 10.3 Å². The van der Waals surface area contributed by atoms with E-state index < -0.39 is 0 Å². The molecule has 0 bridgehead atoms. The van der Waals surface area contributed by atoms with E-state index in [1.807, 2.05) is 49.4 Å². The molecular formula is C17H16N2O2S2. The summed E-state index contributed by atoms with van der Waals surface area (Å²) in [5.41, 5.74) is 1.93. The third-order valence-corrected chi connectivity index (χ3v) is 4.85. The Kier molecular flexibility index (Phi) is 4.73. The van der Waals surface area contributed by atoms with E-state index in [0.717, 1.165) is 16.1 Å². The van der Waals surface area contributed by atoms with Crippen molar-refractivity contribution in [2.24, 2.45) is 0 Å². The van der Waals surface area contributed by atoms with Gasteiger partial charge in [0.1, 0.15) is 11.8 Å². The maximum absolute atomic E-state index is 12.5. The molecule has 6 heteroatoms. The van der Waals surface area contributed by atoms with Gasteiger partial charge in [0.25, 0.3) is 0 Å².